The Kier molecular flexibility index (Phi) is 5.70. The fourth-order valence-corrected chi connectivity index (χ4v) is 2.67. The SMILES string of the molecule is C=CCCC(NC(=O)Cc1nc(-c2ccsc2)oc1C)C(=O)O. The number of amides is 1. The number of aryl methyl sites for hydroxylation is 1. The van der Waals surface area contributed by atoms with Crippen molar-refractivity contribution in [1.82, 2.24) is 10.3 Å². The van der Waals surface area contributed by atoms with Gasteiger partial charge in [0, 0.05) is 10.9 Å². The van der Waals surface area contributed by atoms with Gasteiger partial charge in [-0.3, -0.25) is 4.79 Å². The predicted octanol–water partition coefficient (Wildman–Crippen LogP) is 2.79. The molecule has 0 bridgehead atoms. The zero-order valence-corrected chi connectivity index (χ0v) is 13.6. The molecule has 0 aliphatic carbocycles. The summed E-state index contributed by atoms with van der Waals surface area (Å²) < 4.78 is 5.56. The summed E-state index contributed by atoms with van der Waals surface area (Å²) in [5.74, 6) is -0.432. The summed E-state index contributed by atoms with van der Waals surface area (Å²) in [4.78, 5) is 27.5. The number of nitrogens with one attached hydrogen (secondary N) is 1. The summed E-state index contributed by atoms with van der Waals surface area (Å²) in [6.45, 7) is 5.28. The van der Waals surface area contributed by atoms with Crippen molar-refractivity contribution in [3.05, 3.63) is 40.9 Å². The van der Waals surface area contributed by atoms with Crippen molar-refractivity contribution in [3.8, 4) is 11.5 Å². The predicted molar refractivity (Wildman–Crippen MR) is 87.3 cm³/mol. The second-order valence-corrected chi connectivity index (χ2v) is 5.82. The van der Waals surface area contributed by atoms with Gasteiger partial charge in [0.25, 0.3) is 0 Å². The van der Waals surface area contributed by atoms with E-state index in [9.17, 15) is 9.59 Å². The Morgan fingerprint density at radius 2 is 2.35 bits per heavy atom. The maximum Gasteiger partial charge on any atom is 0.326 e. The molecular formula is C16H18N2O4S. The molecule has 0 fully saturated rings. The number of allylic oxidation sites excluding steroid dienone is 1. The molecule has 0 saturated heterocycles. The zero-order chi connectivity index (χ0) is 16.8. The molecule has 2 heterocycles. The highest BCUT2D eigenvalue weighted by atomic mass is 32.1. The van der Waals surface area contributed by atoms with Crippen LogP contribution in [0.15, 0.2) is 33.9 Å². The molecule has 2 aromatic heterocycles. The largest absolute Gasteiger partial charge is 0.480 e. The van der Waals surface area contributed by atoms with E-state index >= 15 is 0 Å². The lowest BCUT2D eigenvalue weighted by molar-refractivity contribution is -0.141. The van der Waals surface area contributed by atoms with Gasteiger partial charge in [0.1, 0.15) is 11.8 Å². The number of nitrogens with zero attached hydrogens (tertiary/aromatic N) is 1. The van der Waals surface area contributed by atoms with Crippen LogP contribution >= 0.6 is 11.3 Å². The molecule has 0 spiro atoms. The van der Waals surface area contributed by atoms with Crippen molar-refractivity contribution in [1.29, 1.82) is 0 Å². The first-order valence-electron chi connectivity index (χ1n) is 7.13. The van der Waals surface area contributed by atoms with Crippen LogP contribution in [0.1, 0.15) is 24.3 Å². The summed E-state index contributed by atoms with van der Waals surface area (Å²) in [7, 11) is 0. The van der Waals surface area contributed by atoms with Gasteiger partial charge in [-0.05, 0) is 31.2 Å². The number of aromatic nitrogens is 1. The molecule has 2 rings (SSSR count). The molecule has 23 heavy (non-hydrogen) atoms. The molecule has 0 aromatic carbocycles. The van der Waals surface area contributed by atoms with Crippen LogP contribution in [0.25, 0.3) is 11.5 Å². The second kappa shape index (κ2) is 7.73. The number of hydrogen-bond donors (Lipinski definition) is 2. The lowest BCUT2D eigenvalue weighted by Crippen LogP contribution is -2.41. The van der Waals surface area contributed by atoms with E-state index in [0.29, 0.717) is 30.2 Å². The lowest BCUT2D eigenvalue weighted by Gasteiger charge is -2.13. The average Bonchev–Trinajstić information content (AvgIpc) is 3.13. The third kappa shape index (κ3) is 4.53. The number of oxazole rings is 1. The Hall–Kier alpha value is -2.41. The number of carbonyl (C=O) groups is 2. The Bertz CT molecular complexity index is 691. The number of carbonyl (C=O) groups excluding carboxylic acids is 1. The standard InChI is InChI=1S/C16H18N2O4S/c1-3-4-5-12(16(20)21)17-14(19)8-13-10(2)22-15(18-13)11-6-7-23-9-11/h3,6-7,9,12H,1,4-5,8H2,2H3,(H,17,19)(H,20,21). The van der Waals surface area contributed by atoms with E-state index in [4.69, 9.17) is 9.52 Å². The minimum Gasteiger partial charge on any atom is -0.480 e. The number of thiophene rings is 1. The van der Waals surface area contributed by atoms with Crippen LogP contribution in [-0.2, 0) is 16.0 Å². The van der Waals surface area contributed by atoms with Crippen molar-refractivity contribution in [3.63, 3.8) is 0 Å². The van der Waals surface area contributed by atoms with E-state index in [1.807, 2.05) is 16.8 Å². The fraction of sp³-hybridized carbons (Fsp3) is 0.312. The highest BCUT2D eigenvalue weighted by Crippen LogP contribution is 2.24. The van der Waals surface area contributed by atoms with E-state index in [0.717, 1.165) is 5.56 Å². The highest BCUT2D eigenvalue weighted by Gasteiger charge is 2.21. The molecule has 6 nitrogen and oxygen atoms in total. The van der Waals surface area contributed by atoms with Crippen LogP contribution in [0.2, 0.25) is 0 Å². The number of carboxylic acid groups (broad SMARTS) is 1. The minimum absolute atomic E-state index is 0.0165. The lowest BCUT2D eigenvalue weighted by atomic mass is 10.1. The summed E-state index contributed by atoms with van der Waals surface area (Å²) in [6.07, 6.45) is 2.43. The third-order valence-corrected chi connectivity index (χ3v) is 3.96. The number of carboxylic acids is 1. The van der Waals surface area contributed by atoms with Crippen molar-refractivity contribution < 1.29 is 19.1 Å². The zero-order valence-electron chi connectivity index (χ0n) is 12.7. The van der Waals surface area contributed by atoms with E-state index < -0.39 is 17.9 Å². The monoisotopic (exact) mass is 334 g/mol. The van der Waals surface area contributed by atoms with Gasteiger partial charge in [0.2, 0.25) is 11.8 Å². The summed E-state index contributed by atoms with van der Waals surface area (Å²) in [5.41, 5.74) is 1.37. The molecule has 1 atom stereocenters. The van der Waals surface area contributed by atoms with Crippen LogP contribution in [0.3, 0.4) is 0 Å². The highest BCUT2D eigenvalue weighted by molar-refractivity contribution is 7.08. The van der Waals surface area contributed by atoms with Crippen molar-refractivity contribution in [2.45, 2.75) is 32.2 Å². The van der Waals surface area contributed by atoms with Gasteiger partial charge in [-0.15, -0.1) is 6.58 Å². The Labute approximate surface area is 137 Å². The molecular weight excluding hydrogens is 316 g/mol. The van der Waals surface area contributed by atoms with Crippen molar-refractivity contribution in [2.24, 2.45) is 0 Å². The molecule has 122 valence electrons. The Morgan fingerprint density at radius 3 is 2.96 bits per heavy atom. The quantitative estimate of drug-likeness (QED) is 0.724. The number of hydrogen-bond acceptors (Lipinski definition) is 5. The first-order chi connectivity index (χ1) is 11.0. The Morgan fingerprint density at radius 1 is 1.57 bits per heavy atom. The van der Waals surface area contributed by atoms with E-state index in [1.165, 1.54) is 11.3 Å². The van der Waals surface area contributed by atoms with Gasteiger partial charge in [0.15, 0.2) is 0 Å². The van der Waals surface area contributed by atoms with Gasteiger partial charge in [0.05, 0.1) is 12.1 Å². The molecule has 0 aliphatic heterocycles. The number of rotatable bonds is 8. The average molecular weight is 334 g/mol. The second-order valence-electron chi connectivity index (χ2n) is 5.04. The first kappa shape index (κ1) is 17.0. The van der Waals surface area contributed by atoms with Gasteiger partial charge in [-0.25, -0.2) is 9.78 Å². The smallest absolute Gasteiger partial charge is 0.326 e. The molecule has 7 heteroatoms. The van der Waals surface area contributed by atoms with Crippen LogP contribution in [0.5, 0.6) is 0 Å². The van der Waals surface area contributed by atoms with Crippen molar-refractivity contribution in [2.75, 3.05) is 0 Å². The molecule has 1 amide bonds. The van der Waals surface area contributed by atoms with Crippen LogP contribution in [0.4, 0.5) is 0 Å². The summed E-state index contributed by atoms with van der Waals surface area (Å²) in [5, 5.41) is 15.4. The summed E-state index contributed by atoms with van der Waals surface area (Å²) in [6, 6.07) is 0.958. The van der Waals surface area contributed by atoms with Gasteiger partial charge in [-0.2, -0.15) is 11.3 Å². The number of aliphatic carboxylic acids is 1. The normalized spacial score (nSPS) is 11.9. The Balaban J connectivity index is 2.02. The minimum atomic E-state index is -1.06. The fourth-order valence-electron chi connectivity index (χ4n) is 2.04. The van der Waals surface area contributed by atoms with E-state index in [2.05, 4.69) is 16.9 Å². The molecule has 1 unspecified atom stereocenters. The topological polar surface area (TPSA) is 92.4 Å². The van der Waals surface area contributed by atoms with Crippen molar-refractivity contribution >= 4 is 23.2 Å². The van der Waals surface area contributed by atoms with Gasteiger partial charge < -0.3 is 14.8 Å². The maximum atomic E-state index is 12.1. The summed E-state index contributed by atoms with van der Waals surface area (Å²) >= 11 is 1.53. The molecule has 2 N–H and O–H groups in total. The van der Waals surface area contributed by atoms with Crippen LogP contribution in [0, 0.1) is 6.92 Å². The molecule has 0 radical (unpaired) electrons. The van der Waals surface area contributed by atoms with E-state index in [1.54, 1.807) is 13.0 Å². The molecule has 0 saturated carbocycles. The first-order valence-corrected chi connectivity index (χ1v) is 8.07. The maximum absolute atomic E-state index is 12.1. The van der Waals surface area contributed by atoms with E-state index in [-0.39, 0.29) is 6.42 Å². The molecule has 2 aromatic rings. The van der Waals surface area contributed by atoms with Gasteiger partial charge >= 0.3 is 5.97 Å². The van der Waals surface area contributed by atoms with Gasteiger partial charge in [-0.1, -0.05) is 6.08 Å². The van der Waals surface area contributed by atoms with Crippen LogP contribution in [-0.4, -0.2) is 28.0 Å². The van der Waals surface area contributed by atoms with Crippen LogP contribution < -0.4 is 5.32 Å². The third-order valence-electron chi connectivity index (χ3n) is 3.28. The molecule has 0 aliphatic rings.